The van der Waals surface area contributed by atoms with Crippen LogP contribution >= 0.6 is 11.6 Å². The topological polar surface area (TPSA) is 97.1 Å². The summed E-state index contributed by atoms with van der Waals surface area (Å²) in [5.41, 5.74) is 2.37. The predicted octanol–water partition coefficient (Wildman–Crippen LogP) is 4.93. The van der Waals surface area contributed by atoms with E-state index in [1.807, 2.05) is 24.3 Å². The molecule has 176 valence electrons. The maximum Gasteiger partial charge on any atom is 0.225 e. The van der Waals surface area contributed by atoms with Crippen molar-refractivity contribution in [2.75, 3.05) is 30.5 Å². The molecule has 1 aliphatic carbocycles. The van der Waals surface area contributed by atoms with Crippen LogP contribution < -0.4 is 10.6 Å². The maximum atomic E-state index is 9.59. The molecule has 0 amide bonds. The second-order valence-corrected chi connectivity index (χ2v) is 9.93. The lowest BCUT2D eigenvalue weighted by atomic mass is 9.86. The Morgan fingerprint density at radius 2 is 1.97 bits per heavy atom. The van der Waals surface area contributed by atoms with E-state index in [2.05, 4.69) is 27.1 Å². The number of halogens is 1. The molecule has 0 radical (unpaired) electrons. The van der Waals surface area contributed by atoms with Crippen LogP contribution in [0.1, 0.15) is 51.5 Å². The lowest BCUT2D eigenvalue weighted by Gasteiger charge is -2.34. The van der Waals surface area contributed by atoms with E-state index < -0.39 is 0 Å². The number of imidazole rings is 1. The molecular weight excluding hydrogens is 440 g/mol. The van der Waals surface area contributed by atoms with E-state index in [1.54, 1.807) is 6.20 Å². The van der Waals surface area contributed by atoms with Gasteiger partial charge in [0.25, 0.3) is 0 Å². The fourth-order valence-electron chi connectivity index (χ4n) is 4.88. The highest BCUT2D eigenvalue weighted by atomic mass is 35.5. The smallest absolute Gasteiger partial charge is 0.225 e. The van der Waals surface area contributed by atoms with E-state index in [0.717, 1.165) is 74.5 Å². The maximum absolute atomic E-state index is 9.59. The van der Waals surface area contributed by atoms with E-state index in [-0.39, 0.29) is 18.2 Å². The number of anilines is 3. The van der Waals surface area contributed by atoms with Gasteiger partial charge in [0, 0.05) is 42.1 Å². The molecule has 1 saturated heterocycles. The fourth-order valence-corrected chi connectivity index (χ4v) is 5.07. The molecule has 33 heavy (non-hydrogen) atoms. The number of nitrogens with one attached hydrogen (secondary N) is 2. The van der Waals surface area contributed by atoms with Crippen LogP contribution in [0.15, 0.2) is 30.5 Å². The third kappa shape index (κ3) is 4.93. The van der Waals surface area contributed by atoms with Gasteiger partial charge in [-0.05, 0) is 69.6 Å². The minimum absolute atomic E-state index is 0.0855. The molecule has 1 aromatic carbocycles. The van der Waals surface area contributed by atoms with Crippen LogP contribution in [0.3, 0.4) is 0 Å². The van der Waals surface area contributed by atoms with E-state index in [9.17, 15) is 5.11 Å². The molecule has 0 bridgehead atoms. The van der Waals surface area contributed by atoms with Gasteiger partial charge in [0.2, 0.25) is 11.9 Å². The standard InChI is InChI=1S/C24H31ClN6O2/c1-24(9-11-33-12-10-24)30-22-26-14-20-21(29-22)31(19-7-5-16(15-32)6-8-19)23(28-20)27-18-4-2-3-17(25)13-18/h2-4,13-14,16,19,32H,5-12,15H2,1H3,(H,27,28)(H,26,29,30). The largest absolute Gasteiger partial charge is 0.396 e. The van der Waals surface area contributed by atoms with Gasteiger partial charge < -0.3 is 20.5 Å². The van der Waals surface area contributed by atoms with Gasteiger partial charge in [-0.15, -0.1) is 0 Å². The van der Waals surface area contributed by atoms with Crippen molar-refractivity contribution in [2.24, 2.45) is 5.92 Å². The predicted molar refractivity (Wildman–Crippen MR) is 130 cm³/mol. The number of hydrogen-bond acceptors (Lipinski definition) is 7. The second kappa shape index (κ2) is 9.44. The minimum Gasteiger partial charge on any atom is -0.396 e. The van der Waals surface area contributed by atoms with Crippen molar-refractivity contribution in [3.63, 3.8) is 0 Å². The van der Waals surface area contributed by atoms with Gasteiger partial charge in [-0.3, -0.25) is 4.57 Å². The summed E-state index contributed by atoms with van der Waals surface area (Å²) in [5.74, 6) is 1.73. The molecule has 1 aliphatic heterocycles. The Kier molecular flexibility index (Phi) is 6.40. The number of nitrogens with zero attached hydrogens (tertiary/aromatic N) is 4. The first kappa shape index (κ1) is 22.4. The highest BCUT2D eigenvalue weighted by Gasteiger charge is 2.30. The Balaban J connectivity index is 1.51. The highest BCUT2D eigenvalue weighted by molar-refractivity contribution is 6.30. The zero-order chi connectivity index (χ0) is 22.8. The highest BCUT2D eigenvalue weighted by Crippen LogP contribution is 2.37. The summed E-state index contributed by atoms with van der Waals surface area (Å²) in [6.45, 7) is 3.93. The van der Waals surface area contributed by atoms with Gasteiger partial charge in [0.15, 0.2) is 5.65 Å². The van der Waals surface area contributed by atoms with Crippen LogP contribution in [-0.2, 0) is 4.74 Å². The Labute approximate surface area is 198 Å². The summed E-state index contributed by atoms with van der Waals surface area (Å²) < 4.78 is 7.74. The van der Waals surface area contributed by atoms with Gasteiger partial charge in [-0.1, -0.05) is 17.7 Å². The summed E-state index contributed by atoms with van der Waals surface area (Å²) in [6, 6.07) is 7.88. The van der Waals surface area contributed by atoms with E-state index in [1.165, 1.54) is 0 Å². The molecule has 2 aromatic heterocycles. The van der Waals surface area contributed by atoms with Crippen LogP contribution in [0.25, 0.3) is 11.2 Å². The van der Waals surface area contributed by atoms with Crippen LogP contribution in [0.5, 0.6) is 0 Å². The number of ether oxygens (including phenoxy) is 1. The normalized spacial score (nSPS) is 22.9. The van der Waals surface area contributed by atoms with Crippen LogP contribution in [-0.4, -0.2) is 50.0 Å². The molecule has 2 aliphatic rings. The summed E-state index contributed by atoms with van der Waals surface area (Å²) in [7, 11) is 0. The third-order valence-corrected chi connectivity index (χ3v) is 7.20. The van der Waals surface area contributed by atoms with Crippen molar-refractivity contribution in [3.05, 3.63) is 35.5 Å². The third-order valence-electron chi connectivity index (χ3n) is 6.96. The summed E-state index contributed by atoms with van der Waals surface area (Å²) in [5, 5.41) is 17.3. The van der Waals surface area contributed by atoms with E-state index in [0.29, 0.717) is 16.9 Å². The first-order valence-electron chi connectivity index (χ1n) is 11.8. The molecule has 0 unspecified atom stereocenters. The fraction of sp³-hybridized carbons (Fsp3) is 0.542. The number of aromatic nitrogens is 4. The number of hydrogen-bond donors (Lipinski definition) is 3. The van der Waals surface area contributed by atoms with Crippen LogP contribution in [0.4, 0.5) is 17.6 Å². The molecule has 5 rings (SSSR count). The minimum atomic E-state index is -0.0855. The Morgan fingerprint density at radius 3 is 2.70 bits per heavy atom. The van der Waals surface area contributed by atoms with Gasteiger partial charge in [-0.2, -0.15) is 4.98 Å². The molecular formula is C24H31ClN6O2. The molecule has 8 nitrogen and oxygen atoms in total. The molecule has 9 heteroatoms. The SMILES string of the molecule is CC1(Nc2ncc3nc(Nc4cccc(Cl)c4)n(C4CCC(CO)CC4)c3n2)CCOCC1. The Morgan fingerprint density at radius 1 is 1.18 bits per heavy atom. The lowest BCUT2D eigenvalue weighted by Crippen LogP contribution is -2.41. The lowest BCUT2D eigenvalue weighted by molar-refractivity contribution is 0.0656. The van der Waals surface area contributed by atoms with Crippen molar-refractivity contribution >= 4 is 40.3 Å². The zero-order valence-corrected chi connectivity index (χ0v) is 19.7. The number of aliphatic hydroxyl groups excluding tert-OH is 1. The molecule has 2 fully saturated rings. The van der Waals surface area contributed by atoms with Gasteiger partial charge in [0.1, 0.15) is 5.52 Å². The molecule has 0 spiro atoms. The van der Waals surface area contributed by atoms with Gasteiger partial charge in [0.05, 0.1) is 6.20 Å². The van der Waals surface area contributed by atoms with Gasteiger partial charge in [-0.25, -0.2) is 9.97 Å². The molecule has 3 aromatic rings. The second-order valence-electron chi connectivity index (χ2n) is 9.50. The molecule has 0 atom stereocenters. The van der Waals surface area contributed by atoms with Crippen LogP contribution in [0.2, 0.25) is 5.02 Å². The summed E-state index contributed by atoms with van der Waals surface area (Å²) >= 11 is 6.21. The van der Waals surface area contributed by atoms with E-state index in [4.69, 9.17) is 26.3 Å². The first-order valence-corrected chi connectivity index (χ1v) is 12.2. The van der Waals surface area contributed by atoms with Crippen molar-refractivity contribution in [1.29, 1.82) is 0 Å². The van der Waals surface area contributed by atoms with Crippen molar-refractivity contribution in [1.82, 2.24) is 19.5 Å². The summed E-state index contributed by atoms with van der Waals surface area (Å²) in [6.07, 6.45) is 7.57. The zero-order valence-electron chi connectivity index (χ0n) is 18.9. The van der Waals surface area contributed by atoms with Crippen LogP contribution in [0, 0.1) is 5.92 Å². The molecule has 3 N–H and O–H groups in total. The number of rotatable bonds is 6. The molecule has 3 heterocycles. The Bertz CT molecular complexity index is 1110. The molecule has 1 saturated carbocycles. The Hall–Kier alpha value is -2.42. The average Bonchev–Trinajstić information content (AvgIpc) is 3.16. The van der Waals surface area contributed by atoms with Crippen molar-refractivity contribution in [2.45, 2.75) is 57.0 Å². The first-order chi connectivity index (χ1) is 16.0. The average molecular weight is 471 g/mol. The number of fused-ring (bicyclic) bond motifs is 1. The summed E-state index contributed by atoms with van der Waals surface area (Å²) in [4.78, 5) is 14.3. The number of benzene rings is 1. The quantitative estimate of drug-likeness (QED) is 0.470. The van der Waals surface area contributed by atoms with E-state index >= 15 is 0 Å². The number of aliphatic hydroxyl groups is 1. The van der Waals surface area contributed by atoms with Gasteiger partial charge >= 0.3 is 0 Å². The van der Waals surface area contributed by atoms with Crippen molar-refractivity contribution in [3.8, 4) is 0 Å². The van der Waals surface area contributed by atoms with Crippen molar-refractivity contribution < 1.29 is 9.84 Å². The monoisotopic (exact) mass is 470 g/mol.